The second kappa shape index (κ2) is 6.45. The Morgan fingerprint density at radius 3 is 2.38 bits per heavy atom. The van der Waals surface area contributed by atoms with Gasteiger partial charge in [-0.15, -0.1) is 12.4 Å². The molecule has 1 aliphatic rings. The maximum Gasteiger partial charge on any atom is 0.237 e. The maximum absolute atomic E-state index is 11.6. The van der Waals surface area contributed by atoms with Gasteiger partial charge in [0.2, 0.25) is 5.91 Å². The highest BCUT2D eigenvalue weighted by Gasteiger charge is 2.28. The average molecular weight is 249 g/mol. The Morgan fingerprint density at radius 2 is 1.94 bits per heavy atom. The summed E-state index contributed by atoms with van der Waals surface area (Å²) in [6.07, 6.45) is 5.28. The van der Waals surface area contributed by atoms with Gasteiger partial charge in [-0.25, -0.2) is 0 Å². The standard InChI is InChI=1S/C12H24N2O.ClH/c1-4-10(13)11(15)14-9-5-7-12(2,3)8-6-9;/h9-10H,4-8,13H2,1-3H3,(H,14,15);1H/t10-;/m0./s1. The fourth-order valence-electron chi connectivity index (χ4n) is 2.04. The maximum atomic E-state index is 11.6. The largest absolute Gasteiger partial charge is 0.352 e. The molecule has 3 N–H and O–H groups in total. The summed E-state index contributed by atoms with van der Waals surface area (Å²) in [4.78, 5) is 11.6. The molecule has 0 aromatic carbocycles. The summed E-state index contributed by atoms with van der Waals surface area (Å²) in [5, 5.41) is 3.04. The Morgan fingerprint density at radius 1 is 1.44 bits per heavy atom. The first-order valence-corrected chi connectivity index (χ1v) is 6.00. The topological polar surface area (TPSA) is 55.1 Å². The predicted molar refractivity (Wildman–Crippen MR) is 69.7 cm³/mol. The van der Waals surface area contributed by atoms with Crippen molar-refractivity contribution in [1.82, 2.24) is 5.32 Å². The monoisotopic (exact) mass is 248 g/mol. The Labute approximate surface area is 105 Å². The predicted octanol–water partition coefficient (Wildman–Crippen LogP) is 2.23. The van der Waals surface area contributed by atoms with Gasteiger partial charge >= 0.3 is 0 Å². The average Bonchev–Trinajstić information content (AvgIpc) is 2.20. The van der Waals surface area contributed by atoms with Crippen molar-refractivity contribution in [3.05, 3.63) is 0 Å². The summed E-state index contributed by atoms with van der Waals surface area (Å²) in [6.45, 7) is 6.53. The number of rotatable bonds is 3. The molecule has 0 aromatic heterocycles. The van der Waals surface area contributed by atoms with Crippen LogP contribution in [0.4, 0.5) is 0 Å². The third-order valence-corrected chi connectivity index (χ3v) is 3.46. The molecule has 0 heterocycles. The van der Waals surface area contributed by atoms with E-state index in [1.165, 1.54) is 12.8 Å². The minimum Gasteiger partial charge on any atom is -0.352 e. The van der Waals surface area contributed by atoms with Crippen molar-refractivity contribution < 1.29 is 4.79 Å². The molecule has 4 heteroatoms. The van der Waals surface area contributed by atoms with E-state index in [4.69, 9.17) is 5.73 Å². The molecule has 0 aliphatic heterocycles. The minimum absolute atomic E-state index is 0. The molecule has 1 rings (SSSR count). The van der Waals surface area contributed by atoms with Gasteiger partial charge in [0.15, 0.2) is 0 Å². The molecule has 0 spiro atoms. The number of nitrogens with two attached hydrogens (primary N) is 1. The van der Waals surface area contributed by atoms with Crippen molar-refractivity contribution in [3.8, 4) is 0 Å². The van der Waals surface area contributed by atoms with Gasteiger partial charge in [0.1, 0.15) is 0 Å². The van der Waals surface area contributed by atoms with E-state index in [9.17, 15) is 4.79 Å². The van der Waals surface area contributed by atoms with Gasteiger partial charge in [0.05, 0.1) is 6.04 Å². The number of nitrogens with one attached hydrogen (secondary N) is 1. The minimum atomic E-state index is -0.333. The van der Waals surface area contributed by atoms with Crippen LogP contribution in [0.5, 0.6) is 0 Å². The SMILES string of the molecule is CC[C@H](N)C(=O)NC1CCC(C)(C)CC1.Cl. The van der Waals surface area contributed by atoms with Crippen molar-refractivity contribution >= 4 is 18.3 Å². The van der Waals surface area contributed by atoms with Crippen molar-refractivity contribution in [2.24, 2.45) is 11.1 Å². The highest BCUT2D eigenvalue weighted by molar-refractivity contribution is 5.85. The van der Waals surface area contributed by atoms with Crippen LogP contribution in [-0.4, -0.2) is 18.0 Å². The van der Waals surface area contributed by atoms with E-state index < -0.39 is 0 Å². The van der Waals surface area contributed by atoms with Crippen molar-refractivity contribution in [3.63, 3.8) is 0 Å². The van der Waals surface area contributed by atoms with E-state index in [2.05, 4.69) is 19.2 Å². The normalized spacial score (nSPS) is 22.0. The van der Waals surface area contributed by atoms with Crippen LogP contribution in [0, 0.1) is 5.41 Å². The molecule has 1 saturated carbocycles. The molecule has 3 nitrogen and oxygen atoms in total. The molecule has 1 amide bonds. The number of hydrogen-bond acceptors (Lipinski definition) is 2. The quantitative estimate of drug-likeness (QED) is 0.805. The molecule has 0 bridgehead atoms. The second-order valence-electron chi connectivity index (χ2n) is 5.46. The van der Waals surface area contributed by atoms with E-state index >= 15 is 0 Å². The van der Waals surface area contributed by atoms with Crippen molar-refractivity contribution in [2.45, 2.75) is 65.0 Å². The van der Waals surface area contributed by atoms with Gasteiger partial charge in [-0.3, -0.25) is 4.79 Å². The molecule has 0 aromatic rings. The second-order valence-corrected chi connectivity index (χ2v) is 5.46. The van der Waals surface area contributed by atoms with Gasteiger partial charge in [-0.05, 0) is 37.5 Å². The summed E-state index contributed by atoms with van der Waals surface area (Å²) >= 11 is 0. The van der Waals surface area contributed by atoms with Crippen LogP contribution in [0.1, 0.15) is 52.9 Å². The van der Waals surface area contributed by atoms with Crippen molar-refractivity contribution in [1.29, 1.82) is 0 Å². The Balaban J connectivity index is 0.00000225. The Bertz CT molecular complexity index is 221. The van der Waals surface area contributed by atoms with Crippen LogP contribution >= 0.6 is 12.4 Å². The van der Waals surface area contributed by atoms with E-state index in [1.807, 2.05) is 6.92 Å². The first-order valence-electron chi connectivity index (χ1n) is 6.00. The summed E-state index contributed by atoms with van der Waals surface area (Å²) < 4.78 is 0. The van der Waals surface area contributed by atoms with E-state index in [0.29, 0.717) is 17.9 Å². The smallest absolute Gasteiger partial charge is 0.237 e. The first kappa shape index (κ1) is 15.7. The molecule has 1 atom stereocenters. The zero-order valence-electron chi connectivity index (χ0n) is 10.6. The van der Waals surface area contributed by atoms with Crippen LogP contribution in [-0.2, 0) is 4.79 Å². The van der Waals surface area contributed by atoms with E-state index in [-0.39, 0.29) is 24.4 Å². The van der Waals surface area contributed by atoms with E-state index in [0.717, 1.165) is 12.8 Å². The molecule has 0 saturated heterocycles. The molecule has 96 valence electrons. The van der Waals surface area contributed by atoms with Gasteiger partial charge in [0, 0.05) is 6.04 Å². The van der Waals surface area contributed by atoms with Gasteiger partial charge in [-0.2, -0.15) is 0 Å². The lowest BCUT2D eigenvalue weighted by Gasteiger charge is -2.34. The highest BCUT2D eigenvalue weighted by Crippen LogP contribution is 2.34. The number of hydrogen-bond donors (Lipinski definition) is 2. The molecule has 1 aliphatic carbocycles. The van der Waals surface area contributed by atoms with Gasteiger partial charge < -0.3 is 11.1 Å². The van der Waals surface area contributed by atoms with Crippen molar-refractivity contribution in [2.75, 3.05) is 0 Å². The fourth-order valence-corrected chi connectivity index (χ4v) is 2.04. The Hall–Kier alpha value is -0.280. The highest BCUT2D eigenvalue weighted by atomic mass is 35.5. The number of amides is 1. The van der Waals surface area contributed by atoms with Crippen LogP contribution in [0.15, 0.2) is 0 Å². The first-order chi connectivity index (χ1) is 6.94. The molecule has 0 radical (unpaired) electrons. The molecule has 1 fully saturated rings. The van der Waals surface area contributed by atoms with E-state index in [1.54, 1.807) is 0 Å². The molecular formula is C12H25ClN2O. The van der Waals surface area contributed by atoms with Crippen LogP contribution < -0.4 is 11.1 Å². The lowest BCUT2D eigenvalue weighted by Crippen LogP contribution is -2.46. The summed E-state index contributed by atoms with van der Waals surface area (Å²) in [7, 11) is 0. The number of halogens is 1. The van der Waals surface area contributed by atoms with Crippen LogP contribution in [0.3, 0.4) is 0 Å². The lowest BCUT2D eigenvalue weighted by molar-refractivity contribution is -0.123. The zero-order valence-corrected chi connectivity index (χ0v) is 11.4. The Kier molecular flexibility index (Phi) is 6.34. The summed E-state index contributed by atoms with van der Waals surface area (Å²) in [6, 6.07) is 0.0167. The third-order valence-electron chi connectivity index (χ3n) is 3.46. The fraction of sp³-hybridized carbons (Fsp3) is 0.917. The summed E-state index contributed by atoms with van der Waals surface area (Å²) in [5.41, 5.74) is 6.13. The molecular weight excluding hydrogens is 224 g/mol. The van der Waals surface area contributed by atoms with Gasteiger partial charge in [0.25, 0.3) is 0 Å². The summed E-state index contributed by atoms with van der Waals surface area (Å²) in [5.74, 6) is 0.0159. The van der Waals surface area contributed by atoms with Crippen LogP contribution in [0.25, 0.3) is 0 Å². The zero-order chi connectivity index (χ0) is 11.5. The number of carbonyl (C=O) groups excluding carboxylic acids is 1. The molecule has 0 unspecified atom stereocenters. The third kappa shape index (κ3) is 4.71. The van der Waals surface area contributed by atoms with Gasteiger partial charge in [-0.1, -0.05) is 20.8 Å². The lowest BCUT2D eigenvalue weighted by atomic mass is 9.75. The number of carbonyl (C=O) groups is 1. The molecule has 16 heavy (non-hydrogen) atoms. The van der Waals surface area contributed by atoms with Crippen LogP contribution in [0.2, 0.25) is 0 Å².